The van der Waals surface area contributed by atoms with E-state index in [1.54, 1.807) is 11.9 Å². The third-order valence-electron chi connectivity index (χ3n) is 2.74. The summed E-state index contributed by atoms with van der Waals surface area (Å²) in [6.07, 6.45) is 3.54. The second-order valence-corrected chi connectivity index (χ2v) is 6.88. The van der Waals surface area contributed by atoms with E-state index in [2.05, 4.69) is 4.98 Å². The highest BCUT2D eigenvalue weighted by molar-refractivity contribution is 8.13. The van der Waals surface area contributed by atoms with Crippen LogP contribution in [0.4, 0.5) is 0 Å². The molecule has 1 aliphatic rings. The van der Waals surface area contributed by atoms with Crippen LogP contribution in [0.5, 0.6) is 0 Å². The van der Waals surface area contributed by atoms with E-state index in [1.807, 2.05) is 0 Å². The van der Waals surface area contributed by atoms with Crippen molar-refractivity contribution in [1.82, 2.24) is 9.88 Å². The molecule has 0 bridgehead atoms. The molecule has 1 aliphatic carbocycles. The zero-order valence-electron chi connectivity index (χ0n) is 9.31. The summed E-state index contributed by atoms with van der Waals surface area (Å²) < 4.78 is 22.1. The Bertz CT molecular complexity index is 534. The Balaban J connectivity index is 2.11. The van der Waals surface area contributed by atoms with Gasteiger partial charge in [-0.2, -0.15) is 0 Å². The van der Waals surface area contributed by atoms with Crippen LogP contribution in [-0.4, -0.2) is 37.8 Å². The molecule has 0 radical (unpaired) electrons. The van der Waals surface area contributed by atoms with Crippen molar-refractivity contribution < 1.29 is 13.2 Å². The Morgan fingerprint density at radius 3 is 2.71 bits per heavy atom. The number of hydrogen-bond acceptors (Lipinski definition) is 3. The molecular weight excluding hydrogens is 264 g/mol. The number of nitrogens with one attached hydrogen (secondary N) is 1. The average molecular weight is 277 g/mol. The molecule has 1 heterocycles. The number of amides is 1. The first-order valence-corrected chi connectivity index (χ1v) is 7.57. The summed E-state index contributed by atoms with van der Waals surface area (Å²) >= 11 is 0. The minimum absolute atomic E-state index is 0.0812. The Kier molecular flexibility index (Phi) is 3.18. The highest BCUT2D eigenvalue weighted by Gasteiger charge is 2.26. The highest BCUT2D eigenvalue weighted by atomic mass is 35.7. The van der Waals surface area contributed by atoms with E-state index in [9.17, 15) is 13.2 Å². The van der Waals surface area contributed by atoms with Crippen molar-refractivity contribution in [3.8, 4) is 0 Å². The first-order valence-electron chi connectivity index (χ1n) is 5.26. The summed E-state index contributed by atoms with van der Waals surface area (Å²) in [5, 5.41) is 0. The van der Waals surface area contributed by atoms with Gasteiger partial charge >= 0.3 is 0 Å². The molecule has 1 aromatic rings. The summed E-state index contributed by atoms with van der Waals surface area (Å²) in [7, 11) is 3.10. The summed E-state index contributed by atoms with van der Waals surface area (Å²) in [5.74, 6) is 0.374. The standard InChI is InChI=1S/C10H13ClN2O3S/c1-13(6-7-2-3-7)10(14)9-4-8(5-12-9)17(11,15)16/h4-5,7,12H,2-3,6H2,1H3. The van der Waals surface area contributed by atoms with E-state index in [4.69, 9.17) is 10.7 Å². The second kappa shape index (κ2) is 4.34. The van der Waals surface area contributed by atoms with Crippen LogP contribution in [0.15, 0.2) is 17.2 Å². The van der Waals surface area contributed by atoms with Crippen LogP contribution in [0.25, 0.3) is 0 Å². The Labute approximate surface area is 104 Å². The molecule has 0 spiro atoms. The third-order valence-corrected chi connectivity index (χ3v) is 4.08. The molecule has 1 aromatic heterocycles. The predicted molar refractivity (Wildman–Crippen MR) is 63.5 cm³/mol. The molecule has 17 heavy (non-hydrogen) atoms. The molecule has 1 saturated carbocycles. The lowest BCUT2D eigenvalue weighted by molar-refractivity contribution is 0.0783. The van der Waals surface area contributed by atoms with Crippen molar-refractivity contribution in [3.05, 3.63) is 18.0 Å². The molecule has 0 unspecified atom stereocenters. The van der Waals surface area contributed by atoms with Crippen LogP contribution in [0.3, 0.4) is 0 Å². The molecule has 1 fully saturated rings. The van der Waals surface area contributed by atoms with Gasteiger partial charge in [0, 0.05) is 30.5 Å². The number of H-pyrrole nitrogens is 1. The number of hydrogen-bond donors (Lipinski definition) is 1. The minimum atomic E-state index is -3.78. The maximum Gasteiger partial charge on any atom is 0.270 e. The molecule has 0 aliphatic heterocycles. The number of carbonyl (C=O) groups is 1. The van der Waals surface area contributed by atoms with Crippen LogP contribution in [0, 0.1) is 5.92 Å². The summed E-state index contributed by atoms with van der Waals surface area (Å²) in [6.45, 7) is 0.709. The molecule has 94 valence electrons. The molecular formula is C10H13ClN2O3S. The molecule has 0 saturated heterocycles. The van der Waals surface area contributed by atoms with Crippen LogP contribution < -0.4 is 0 Å². The molecule has 7 heteroatoms. The summed E-state index contributed by atoms with van der Waals surface area (Å²) in [6, 6.07) is 1.26. The monoisotopic (exact) mass is 276 g/mol. The minimum Gasteiger partial charge on any atom is -0.356 e. The lowest BCUT2D eigenvalue weighted by atomic mass is 10.3. The van der Waals surface area contributed by atoms with Gasteiger partial charge in [-0.15, -0.1) is 0 Å². The molecule has 1 amide bonds. The van der Waals surface area contributed by atoms with E-state index in [0.717, 1.165) is 12.8 Å². The Hall–Kier alpha value is -1.01. The van der Waals surface area contributed by atoms with Gasteiger partial charge in [-0.05, 0) is 24.8 Å². The van der Waals surface area contributed by atoms with Gasteiger partial charge in [0.05, 0.1) is 0 Å². The van der Waals surface area contributed by atoms with E-state index in [-0.39, 0.29) is 16.5 Å². The molecule has 0 atom stereocenters. The van der Waals surface area contributed by atoms with E-state index >= 15 is 0 Å². The third kappa shape index (κ3) is 3.01. The Morgan fingerprint density at radius 2 is 2.24 bits per heavy atom. The van der Waals surface area contributed by atoms with E-state index < -0.39 is 9.05 Å². The van der Waals surface area contributed by atoms with Gasteiger partial charge in [-0.25, -0.2) is 8.42 Å². The number of aromatic nitrogens is 1. The highest BCUT2D eigenvalue weighted by Crippen LogP contribution is 2.29. The van der Waals surface area contributed by atoms with Crippen molar-refractivity contribution in [2.45, 2.75) is 17.7 Å². The zero-order chi connectivity index (χ0) is 12.6. The predicted octanol–water partition coefficient (Wildman–Crippen LogP) is 1.42. The fourth-order valence-corrected chi connectivity index (χ4v) is 2.34. The largest absolute Gasteiger partial charge is 0.356 e. The fraction of sp³-hybridized carbons (Fsp3) is 0.500. The number of aromatic amines is 1. The van der Waals surface area contributed by atoms with Gasteiger partial charge in [0.25, 0.3) is 15.0 Å². The average Bonchev–Trinajstić information content (AvgIpc) is 2.89. The van der Waals surface area contributed by atoms with Gasteiger partial charge in [0.15, 0.2) is 0 Å². The smallest absolute Gasteiger partial charge is 0.270 e. The van der Waals surface area contributed by atoms with Crippen molar-refractivity contribution in [2.24, 2.45) is 5.92 Å². The number of rotatable bonds is 4. The van der Waals surface area contributed by atoms with Gasteiger partial charge in [0.2, 0.25) is 0 Å². The lowest BCUT2D eigenvalue weighted by Gasteiger charge is -2.15. The quantitative estimate of drug-likeness (QED) is 0.846. The van der Waals surface area contributed by atoms with Crippen LogP contribution >= 0.6 is 10.7 Å². The van der Waals surface area contributed by atoms with Gasteiger partial charge in [0.1, 0.15) is 10.6 Å². The summed E-state index contributed by atoms with van der Waals surface area (Å²) in [5.41, 5.74) is 0.243. The van der Waals surface area contributed by atoms with Crippen molar-refractivity contribution in [1.29, 1.82) is 0 Å². The second-order valence-electron chi connectivity index (χ2n) is 4.32. The molecule has 0 aromatic carbocycles. The van der Waals surface area contributed by atoms with Gasteiger partial charge in [-0.3, -0.25) is 4.79 Å². The first kappa shape index (κ1) is 12.4. The van der Waals surface area contributed by atoms with E-state index in [0.29, 0.717) is 12.5 Å². The molecule has 5 nitrogen and oxygen atoms in total. The fourth-order valence-electron chi connectivity index (χ4n) is 1.61. The topological polar surface area (TPSA) is 70.2 Å². The SMILES string of the molecule is CN(CC1CC1)C(=O)c1cc(S(=O)(=O)Cl)c[nH]1. The number of nitrogens with zero attached hydrogens (tertiary/aromatic N) is 1. The molecule has 2 rings (SSSR count). The maximum absolute atomic E-state index is 11.9. The lowest BCUT2D eigenvalue weighted by Crippen LogP contribution is -2.28. The number of halogens is 1. The first-order chi connectivity index (χ1) is 7.88. The Morgan fingerprint density at radius 1 is 1.59 bits per heavy atom. The summed E-state index contributed by atoms with van der Waals surface area (Å²) in [4.78, 5) is 16.0. The maximum atomic E-state index is 11.9. The normalized spacial score (nSPS) is 15.9. The van der Waals surface area contributed by atoms with E-state index in [1.165, 1.54) is 12.3 Å². The van der Waals surface area contributed by atoms with Crippen molar-refractivity contribution >= 4 is 25.6 Å². The zero-order valence-corrected chi connectivity index (χ0v) is 10.9. The van der Waals surface area contributed by atoms with Crippen LogP contribution in [0.2, 0.25) is 0 Å². The van der Waals surface area contributed by atoms with Gasteiger partial charge in [-0.1, -0.05) is 0 Å². The van der Waals surface area contributed by atoms with Crippen LogP contribution in [-0.2, 0) is 9.05 Å². The number of carbonyl (C=O) groups excluding carboxylic acids is 1. The molecule has 1 N–H and O–H groups in total. The van der Waals surface area contributed by atoms with Crippen molar-refractivity contribution in [2.75, 3.05) is 13.6 Å². The van der Waals surface area contributed by atoms with Crippen molar-refractivity contribution in [3.63, 3.8) is 0 Å². The van der Waals surface area contributed by atoms with Crippen LogP contribution in [0.1, 0.15) is 23.3 Å². The van der Waals surface area contributed by atoms with Gasteiger partial charge < -0.3 is 9.88 Å².